The van der Waals surface area contributed by atoms with Gasteiger partial charge < -0.3 is 10.6 Å². The van der Waals surface area contributed by atoms with E-state index in [9.17, 15) is 4.39 Å². The summed E-state index contributed by atoms with van der Waals surface area (Å²) in [5, 5.41) is 0. The zero-order valence-corrected chi connectivity index (χ0v) is 10.0. The highest BCUT2D eigenvalue weighted by Gasteiger charge is 2.24. The van der Waals surface area contributed by atoms with Crippen LogP contribution in [-0.4, -0.2) is 6.54 Å². The fourth-order valence-electron chi connectivity index (χ4n) is 2.48. The van der Waals surface area contributed by atoms with Crippen LogP contribution in [0.5, 0.6) is 0 Å². The number of halogens is 1. The summed E-state index contributed by atoms with van der Waals surface area (Å²) < 4.78 is 12.9. The van der Waals surface area contributed by atoms with E-state index in [0.29, 0.717) is 0 Å². The Morgan fingerprint density at radius 1 is 1.11 bits per heavy atom. The Kier molecular flexibility index (Phi) is 2.76. The minimum Gasteiger partial charge on any atom is -0.365 e. The van der Waals surface area contributed by atoms with Crippen LogP contribution in [0.4, 0.5) is 10.1 Å². The van der Waals surface area contributed by atoms with E-state index in [-0.39, 0.29) is 11.9 Å². The first kappa shape index (κ1) is 11.2. The SMILES string of the molecule is NC1CN(Cc2ccc(F)cc2)c2ccccc21. The Bertz CT molecular complexity index is 551. The lowest BCUT2D eigenvalue weighted by atomic mass is 10.1. The molecule has 1 unspecified atom stereocenters. The zero-order chi connectivity index (χ0) is 12.5. The summed E-state index contributed by atoms with van der Waals surface area (Å²) in [5.41, 5.74) is 9.59. The van der Waals surface area contributed by atoms with Gasteiger partial charge in [-0.2, -0.15) is 0 Å². The molecule has 3 heteroatoms. The number of benzene rings is 2. The van der Waals surface area contributed by atoms with Gasteiger partial charge in [-0.25, -0.2) is 4.39 Å². The maximum Gasteiger partial charge on any atom is 0.123 e. The molecule has 2 aromatic rings. The lowest BCUT2D eigenvalue weighted by Gasteiger charge is -2.19. The summed E-state index contributed by atoms with van der Waals surface area (Å²) in [6.45, 7) is 1.59. The normalized spacial score (nSPS) is 17.9. The van der Waals surface area contributed by atoms with E-state index >= 15 is 0 Å². The number of para-hydroxylation sites is 1. The van der Waals surface area contributed by atoms with Gasteiger partial charge in [0.15, 0.2) is 0 Å². The van der Waals surface area contributed by atoms with Gasteiger partial charge in [-0.3, -0.25) is 0 Å². The summed E-state index contributed by atoms with van der Waals surface area (Å²) in [6.07, 6.45) is 0. The van der Waals surface area contributed by atoms with Crippen molar-refractivity contribution in [3.05, 3.63) is 65.5 Å². The highest BCUT2D eigenvalue weighted by molar-refractivity contribution is 5.59. The monoisotopic (exact) mass is 242 g/mol. The fraction of sp³-hybridized carbons (Fsp3) is 0.200. The molecule has 0 bridgehead atoms. The molecule has 1 atom stereocenters. The van der Waals surface area contributed by atoms with Crippen molar-refractivity contribution in [3.63, 3.8) is 0 Å². The molecule has 0 saturated heterocycles. The van der Waals surface area contributed by atoms with Crippen LogP contribution in [-0.2, 0) is 6.54 Å². The molecule has 3 rings (SSSR count). The number of fused-ring (bicyclic) bond motifs is 1. The Morgan fingerprint density at radius 3 is 2.61 bits per heavy atom. The van der Waals surface area contributed by atoms with E-state index in [2.05, 4.69) is 17.0 Å². The third-order valence-corrected chi connectivity index (χ3v) is 3.38. The van der Waals surface area contributed by atoms with E-state index in [4.69, 9.17) is 5.73 Å². The van der Waals surface area contributed by atoms with Gasteiger partial charge in [0.25, 0.3) is 0 Å². The minimum atomic E-state index is -0.197. The van der Waals surface area contributed by atoms with E-state index in [1.165, 1.54) is 23.4 Å². The number of hydrogen-bond donors (Lipinski definition) is 1. The smallest absolute Gasteiger partial charge is 0.123 e. The Labute approximate surface area is 106 Å². The molecule has 0 radical (unpaired) electrons. The highest BCUT2D eigenvalue weighted by atomic mass is 19.1. The molecule has 0 aromatic heterocycles. The first-order valence-corrected chi connectivity index (χ1v) is 6.08. The van der Waals surface area contributed by atoms with Crippen LogP contribution < -0.4 is 10.6 Å². The van der Waals surface area contributed by atoms with Gasteiger partial charge in [-0.15, -0.1) is 0 Å². The lowest BCUT2D eigenvalue weighted by molar-refractivity contribution is 0.626. The van der Waals surface area contributed by atoms with Gasteiger partial charge in [0.2, 0.25) is 0 Å². The van der Waals surface area contributed by atoms with Crippen LogP contribution in [0.1, 0.15) is 17.2 Å². The number of hydrogen-bond acceptors (Lipinski definition) is 2. The Hall–Kier alpha value is -1.87. The van der Waals surface area contributed by atoms with Crippen LogP contribution in [0.3, 0.4) is 0 Å². The van der Waals surface area contributed by atoms with Crippen molar-refractivity contribution in [2.75, 3.05) is 11.4 Å². The predicted molar refractivity (Wildman–Crippen MR) is 70.8 cm³/mol. The van der Waals surface area contributed by atoms with Crippen LogP contribution in [0.2, 0.25) is 0 Å². The van der Waals surface area contributed by atoms with Crippen molar-refractivity contribution < 1.29 is 4.39 Å². The van der Waals surface area contributed by atoms with E-state index < -0.39 is 0 Å². The number of anilines is 1. The van der Waals surface area contributed by atoms with Gasteiger partial charge in [0.1, 0.15) is 5.82 Å². The maximum atomic E-state index is 12.9. The molecule has 18 heavy (non-hydrogen) atoms. The van der Waals surface area contributed by atoms with Crippen LogP contribution in [0.15, 0.2) is 48.5 Å². The second-order valence-electron chi connectivity index (χ2n) is 4.67. The number of rotatable bonds is 2. The van der Waals surface area contributed by atoms with Gasteiger partial charge in [0, 0.05) is 24.8 Å². The number of nitrogens with zero attached hydrogens (tertiary/aromatic N) is 1. The summed E-state index contributed by atoms with van der Waals surface area (Å²) >= 11 is 0. The molecule has 2 aromatic carbocycles. The van der Waals surface area contributed by atoms with Crippen molar-refractivity contribution in [3.8, 4) is 0 Å². The average molecular weight is 242 g/mol. The minimum absolute atomic E-state index is 0.0710. The molecule has 2 N–H and O–H groups in total. The second kappa shape index (κ2) is 4.42. The molecule has 1 aliphatic heterocycles. The summed E-state index contributed by atoms with van der Waals surface area (Å²) in [4.78, 5) is 2.24. The standard InChI is InChI=1S/C15H15FN2/c16-12-7-5-11(6-8-12)9-18-10-14(17)13-3-1-2-4-15(13)18/h1-8,14H,9-10,17H2. The zero-order valence-electron chi connectivity index (χ0n) is 10.0. The Balaban J connectivity index is 1.85. The van der Waals surface area contributed by atoms with Crippen LogP contribution in [0, 0.1) is 5.82 Å². The van der Waals surface area contributed by atoms with E-state index in [1.807, 2.05) is 24.3 Å². The van der Waals surface area contributed by atoms with Crippen molar-refractivity contribution in [2.45, 2.75) is 12.6 Å². The van der Waals surface area contributed by atoms with Crippen molar-refractivity contribution in [2.24, 2.45) is 5.73 Å². The van der Waals surface area contributed by atoms with Crippen molar-refractivity contribution in [1.29, 1.82) is 0 Å². The topological polar surface area (TPSA) is 29.3 Å². The molecule has 0 spiro atoms. The van der Waals surface area contributed by atoms with Crippen molar-refractivity contribution >= 4 is 5.69 Å². The molecule has 0 fully saturated rings. The number of nitrogens with two attached hydrogens (primary N) is 1. The molecule has 0 aliphatic carbocycles. The van der Waals surface area contributed by atoms with Gasteiger partial charge in [-0.1, -0.05) is 30.3 Å². The lowest BCUT2D eigenvalue weighted by Crippen LogP contribution is -2.23. The maximum absolute atomic E-state index is 12.9. The molecular weight excluding hydrogens is 227 g/mol. The van der Waals surface area contributed by atoms with E-state index in [0.717, 1.165) is 18.7 Å². The third kappa shape index (κ3) is 1.97. The quantitative estimate of drug-likeness (QED) is 0.877. The summed E-state index contributed by atoms with van der Waals surface area (Å²) in [6, 6.07) is 14.9. The largest absolute Gasteiger partial charge is 0.365 e. The highest BCUT2D eigenvalue weighted by Crippen LogP contribution is 2.33. The summed E-state index contributed by atoms with van der Waals surface area (Å²) in [5.74, 6) is -0.197. The van der Waals surface area contributed by atoms with Gasteiger partial charge in [0.05, 0.1) is 0 Å². The van der Waals surface area contributed by atoms with Crippen molar-refractivity contribution in [1.82, 2.24) is 0 Å². The average Bonchev–Trinajstić information content (AvgIpc) is 2.70. The van der Waals surface area contributed by atoms with Gasteiger partial charge >= 0.3 is 0 Å². The predicted octanol–water partition coefficient (Wildman–Crippen LogP) is 2.85. The molecular formula is C15H15FN2. The fourth-order valence-corrected chi connectivity index (χ4v) is 2.48. The first-order chi connectivity index (χ1) is 8.74. The van der Waals surface area contributed by atoms with Crippen LogP contribution >= 0.6 is 0 Å². The van der Waals surface area contributed by atoms with Gasteiger partial charge in [-0.05, 0) is 29.3 Å². The molecule has 0 saturated carbocycles. The summed E-state index contributed by atoms with van der Waals surface area (Å²) in [7, 11) is 0. The van der Waals surface area contributed by atoms with E-state index in [1.54, 1.807) is 0 Å². The molecule has 1 aliphatic rings. The second-order valence-corrected chi connectivity index (χ2v) is 4.67. The van der Waals surface area contributed by atoms with Crippen LogP contribution in [0.25, 0.3) is 0 Å². The molecule has 0 amide bonds. The third-order valence-electron chi connectivity index (χ3n) is 3.38. The first-order valence-electron chi connectivity index (χ1n) is 6.08. The molecule has 1 heterocycles. The Morgan fingerprint density at radius 2 is 1.83 bits per heavy atom. The molecule has 92 valence electrons. The molecule has 2 nitrogen and oxygen atoms in total.